The Kier molecular flexibility index (Phi) is 5.50. The number of thiazole rings is 1. The number of nitrogens with one attached hydrogen (secondary N) is 1. The Balaban J connectivity index is 1.56. The van der Waals surface area contributed by atoms with Crippen molar-refractivity contribution in [1.29, 1.82) is 0 Å². The topological polar surface area (TPSA) is 67.8 Å². The van der Waals surface area contributed by atoms with Crippen LogP contribution in [-0.4, -0.2) is 26.8 Å². The molecule has 0 aliphatic rings. The number of hydrogen-bond donors (Lipinski definition) is 1. The lowest BCUT2D eigenvalue weighted by Crippen LogP contribution is -2.14. The molecule has 0 radical (unpaired) electrons. The van der Waals surface area contributed by atoms with Crippen LogP contribution in [0.1, 0.15) is 5.01 Å². The predicted molar refractivity (Wildman–Crippen MR) is 111 cm³/mol. The first-order valence-electron chi connectivity index (χ1n) is 8.57. The molecule has 4 aromatic rings. The summed E-state index contributed by atoms with van der Waals surface area (Å²) in [7, 11) is 0. The minimum absolute atomic E-state index is 0.0762. The van der Waals surface area contributed by atoms with Crippen molar-refractivity contribution in [2.75, 3.05) is 11.1 Å². The van der Waals surface area contributed by atoms with Gasteiger partial charge in [0.05, 0.1) is 15.5 Å². The molecule has 0 saturated carbocycles. The highest BCUT2D eigenvalue weighted by Gasteiger charge is 2.17. The first-order valence-corrected chi connectivity index (χ1v) is 10.4. The first kappa shape index (κ1) is 19.4. The number of fused-ring (bicyclic) bond motifs is 1. The normalized spacial score (nSPS) is 11.0. The van der Waals surface area contributed by atoms with Crippen molar-refractivity contribution in [3.8, 4) is 11.3 Å². The summed E-state index contributed by atoms with van der Waals surface area (Å²) in [4.78, 5) is 16.7. The molecular weight excluding hydrogens is 414 g/mol. The molecule has 5 nitrogen and oxygen atoms in total. The van der Waals surface area contributed by atoms with Gasteiger partial charge in [-0.25, -0.2) is 13.8 Å². The lowest BCUT2D eigenvalue weighted by Gasteiger charge is -2.06. The Labute approximate surface area is 173 Å². The average molecular weight is 428 g/mol. The van der Waals surface area contributed by atoms with Crippen molar-refractivity contribution in [1.82, 2.24) is 15.2 Å². The molecule has 0 fully saturated rings. The predicted octanol–water partition coefficient (Wildman–Crippen LogP) is 5.07. The summed E-state index contributed by atoms with van der Waals surface area (Å²) >= 11 is 2.67. The molecule has 4 rings (SSSR count). The van der Waals surface area contributed by atoms with Gasteiger partial charge in [0.25, 0.3) is 0 Å². The van der Waals surface area contributed by atoms with Gasteiger partial charge in [0.1, 0.15) is 27.9 Å². The number of hydrogen-bond acceptors (Lipinski definition) is 6. The van der Waals surface area contributed by atoms with Crippen LogP contribution in [0.3, 0.4) is 0 Å². The maximum atomic E-state index is 13.2. The highest BCUT2D eigenvalue weighted by Crippen LogP contribution is 2.35. The lowest BCUT2D eigenvalue weighted by atomic mass is 10.1. The molecule has 1 N–H and O–H groups in total. The van der Waals surface area contributed by atoms with Crippen LogP contribution >= 0.6 is 23.1 Å². The van der Waals surface area contributed by atoms with Gasteiger partial charge in [-0.05, 0) is 49.4 Å². The van der Waals surface area contributed by atoms with Gasteiger partial charge in [0.2, 0.25) is 5.91 Å². The van der Waals surface area contributed by atoms with Crippen molar-refractivity contribution in [3.05, 3.63) is 65.2 Å². The van der Waals surface area contributed by atoms with E-state index in [1.165, 1.54) is 53.4 Å². The number of aromatic nitrogens is 3. The van der Waals surface area contributed by atoms with Gasteiger partial charge in [-0.15, -0.1) is 21.5 Å². The van der Waals surface area contributed by atoms with E-state index in [4.69, 9.17) is 0 Å². The number of anilines is 1. The van der Waals surface area contributed by atoms with E-state index in [2.05, 4.69) is 20.5 Å². The van der Waals surface area contributed by atoms with Gasteiger partial charge in [-0.1, -0.05) is 17.8 Å². The van der Waals surface area contributed by atoms with E-state index in [1.807, 2.05) is 6.92 Å². The van der Waals surface area contributed by atoms with Crippen molar-refractivity contribution >= 4 is 44.9 Å². The van der Waals surface area contributed by atoms with E-state index in [1.54, 1.807) is 18.2 Å². The number of nitrogens with zero attached hydrogens (tertiary/aromatic N) is 3. The highest BCUT2D eigenvalue weighted by atomic mass is 32.2. The largest absolute Gasteiger partial charge is 0.325 e. The SMILES string of the molecule is Cc1nc2c(SCC(=O)Nc3cccc(F)c3)nnc(-c3ccc(F)cc3)c2s1. The van der Waals surface area contributed by atoms with E-state index in [0.717, 1.165) is 15.3 Å². The minimum Gasteiger partial charge on any atom is -0.325 e. The van der Waals surface area contributed by atoms with Gasteiger partial charge in [0, 0.05) is 11.3 Å². The molecule has 2 aromatic heterocycles. The smallest absolute Gasteiger partial charge is 0.234 e. The molecule has 0 bridgehead atoms. The number of rotatable bonds is 5. The van der Waals surface area contributed by atoms with Crippen molar-refractivity contribution in [2.45, 2.75) is 11.9 Å². The van der Waals surface area contributed by atoms with Gasteiger partial charge < -0.3 is 5.32 Å². The van der Waals surface area contributed by atoms with Crippen LogP contribution in [0.15, 0.2) is 53.6 Å². The van der Waals surface area contributed by atoms with E-state index in [-0.39, 0.29) is 17.5 Å². The number of halogens is 2. The quantitative estimate of drug-likeness (QED) is 0.450. The first-order chi connectivity index (χ1) is 14.0. The third-order valence-electron chi connectivity index (χ3n) is 3.96. The molecule has 146 valence electrons. The zero-order chi connectivity index (χ0) is 20.4. The van der Waals surface area contributed by atoms with Crippen molar-refractivity contribution < 1.29 is 13.6 Å². The summed E-state index contributed by atoms with van der Waals surface area (Å²) in [5, 5.41) is 12.5. The highest BCUT2D eigenvalue weighted by molar-refractivity contribution is 8.00. The summed E-state index contributed by atoms with van der Waals surface area (Å²) in [6.07, 6.45) is 0. The second-order valence-electron chi connectivity index (χ2n) is 6.12. The average Bonchev–Trinajstić information content (AvgIpc) is 3.08. The van der Waals surface area contributed by atoms with E-state index in [9.17, 15) is 13.6 Å². The van der Waals surface area contributed by atoms with Crippen LogP contribution in [0.4, 0.5) is 14.5 Å². The number of thioether (sulfide) groups is 1. The Morgan fingerprint density at radius 1 is 1.10 bits per heavy atom. The third-order valence-corrected chi connectivity index (χ3v) is 5.89. The van der Waals surface area contributed by atoms with E-state index >= 15 is 0 Å². The van der Waals surface area contributed by atoms with Crippen LogP contribution in [-0.2, 0) is 4.79 Å². The molecule has 0 saturated heterocycles. The molecule has 0 atom stereocenters. The molecule has 0 unspecified atom stereocenters. The Bertz CT molecular complexity index is 1200. The van der Waals surface area contributed by atoms with Gasteiger partial charge in [0.15, 0.2) is 0 Å². The summed E-state index contributed by atoms with van der Waals surface area (Å²) in [5.41, 5.74) is 2.42. The molecule has 0 aliphatic carbocycles. The van der Waals surface area contributed by atoms with Crippen LogP contribution in [0.25, 0.3) is 21.5 Å². The summed E-state index contributed by atoms with van der Waals surface area (Å²) in [6.45, 7) is 1.88. The van der Waals surface area contributed by atoms with E-state index < -0.39 is 5.82 Å². The molecule has 2 aromatic carbocycles. The molecule has 0 aliphatic heterocycles. The molecule has 1 amide bonds. The summed E-state index contributed by atoms with van der Waals surface area (Å²) in [6, 6.07) is 11.7. The van der Waals surface area contributed by atoms with E-state index in [0.29, 0.717) is 21.9 Å². The molecule has 29 heavy (non-hydrogen) atoms. The Morgan fingerprint density at radius 2 is 1.90 bits per heavy atom. The standard InChI is InChI=1S/C20H14F2N4OS2/c1-11-23-18-19(29-11)17(12-5-7-13(21)8-6-12)25-26-20(18)28-10-16(27)24-15-4-2-3-14(22)9-15/h2-9H,10H2,1H3,(H,24,27). The van der Waals surface area contributed by atoms with Crippen LogP contribution in [0.5, 0.6) is 0 Å². The number of carbonyl (C=O) groups is 1. The third kappa shape index (κ3) is 4.41. The fourth-order valence-electron chi connectivity index (χ4n) is 2.71. The fourth-order valence-corrected chi connectivity index (χ4v) is 4.43. The molecule has 9 heteroatoms. The number of carbonyl (C=O) groups excluding carboxylic acids is 1. The summed E-state index contributed by atoms with van der Waals surface area (Å²) < 4.78 is 27.3. The van der Waals surface area contributed by atoms with Crippen molar-refractivity contribution in [3.63, 3.8) is 0 Å². The number of benzene rings is 2. The van der Waals surface area contributed by atoms with Gasteiger partial charge >= 0.3 is 0 Å². The molecule has 2 heterocycles. The zero-order valence-corrected chi connectivity index (χ0v) is 16.8. The monoisotopic (exact) mass is 428 g/mol. The molecule has 0 spiro atoms. The lowest BCUT2D eigenvalue weighted by molar-refractivity contribution is -0.113. The van der Waals surface area contributed by atoms with Crippen LogP contribution in [0.2, 0.25) is 0 Å². The van der Waals surface area contributed by atoms with Gasteiger partial charge in [-0.3, -0.25) is 4.79 Å². The maximum Gasteiger partial charge on any atom is 0.234 e. The fraction of sp³-hybridized carbons (Fsp3) is 0.100. The Morgan fingerprint density at radius 3 is 2.66 bits per heavy atom. The summed E-state index contributed by atoms with van der Waals surface area (Å²) in [5.74, 6) is -0.954. The number of aryl methyl sites for hydroxylation is 1. The Hall–Kier alpha value is -2.91. The minimum atomic E-state index is -0.419. The van der Waals surface area contributed by atoms with Crippen molar-refractivity contribution in [2.24, 2.45) is 0 Å². The molecular formula is C20H14F2N4OS2. The van der Waals surface area contributed by atoms with Gasteiger partial charge in [-0.2, -0.15) is 0 Å². The maximum absolute atomic E-state index is 13.2. The second-order valence-corrected chi connectivity index (χ2v) is 8.29. The number of amides is 1. The van der Waals surface area contributed by atoms with Crippen LogP contribution in [0, 0.1) is 18.6 Å². The van der Waals surface area contributed by atoms with Crippen LogP contribution < -0.4 is 5.32 Å². The second kappa shape index (κ2) is 8.22. The zero-order valence-electron chi connectivity index (χ0n) is 15.1.